The quantitative estimate of drug-likeness (QED) is 0.573. The van der Waals surface area contributed by atoms with Crippen LogP contribution < -0.4 is 0 Å². The summed E-state index contributed by atoms with van der Waals surface area (Å²) < 4.78 is 1.83. The molecule has 5 nitrogen and oxygen atoms in total. The van der Waals surface area contributed by atoms with Gasteiger partial charge in [0, 0.05) is 11.1 Å². The molecule has 0 spiro atoms. The summed E-state index contributed by atoms with van der Waals surface area (Å²) in [7, 11) is 0. The highest BCUT2D eigenvalue weighted by Gasteiger charge is 2.21. The number of thiazole rings is 1. The van der Waals surface area contributed by atoms with Gasteiger partial charge in [0.1, 0.15) is 11.2 Å². The van der Waals surface area contributed by atoms with Crippen molar-refractivity contribution in [2.75, 3.05) is 0 Å². The molecule has 4 aromatic rings. The number of nitrogens with zero attached hydrogens (tertiary/aromatic N) is 3. The first-order valence-electron chi connectivity index (χ1n) is 8.03. The van der Waals surface area contributed by atoms with E-state index >= 15 is 0 Å². The molecule has 0 aliphatic heterocycles. The lowest BCUT2D eigenvalue weighted by Gasteiger charge is -2.05. The smallest absolute Gasteiger partial charge is 0.348 e. The van der Waals surface area contributed by atoms with Crippen LogP contribution in [0.5, 0.6) is 0 Å². The van der Waals surface area contributed by atoms with Crippen LogP contribution in [0.2, 0.25) is 0 Å². The van der Waals surface area contributed by atoms with E-state index in [4.69, 9.17) is 0 Å². The third-order valence-corrected chi connectivity index (χ3v) is 5.09. The van der Waals surface area contributed by atoms with Crippen LogP contribution in [0.25, 0.3) is 27.6 Å². The maximum atomic E-state index is 11.7. The highest BCUT2D eigenvalue weighted by atomic mass is 32.1. The van der Waals surface area contributed by atoms with Crippen molar-refractivity contribution in [3.05, 3.63) is 77.6 Å². The second kappa shape index (κ2) is 6.57. The maximum absolute atomic E-state index is 11.7. The lowest BCUT2D eigenvalue weighted by Crippen LogP contribution is -1.95. The molecule has 0 aliphatic carbocycles. The highest BCUT2D eigenvalue weighted by Crippen LogP contribution is 2.32. The van der Waals surface area contributed by atoms with Crippen molar-refractivity contribution >= 4 is 17.3 Å². The van der Waals surface area contributed by atoms with Crippen molar-refractivity contribution in [3.63, 3.8) is 0 Å². The second-order valence-corrected chi connectivity index (χ2v) is 6.84. The molecule has 0 amide bonds. The fraction of sp³-hybridized carbons (Fsp3) is 0.0500. The number of rotatable bonds is 4. The van der Waals surface area contributed by atoms with Crippen LogP contribution >= 0.6 is 11.3 Å². The summed E-state index contributed by atoms with van der Waals surface area (Å²) in [5.41, 5.74) is 4.30. The normalized spacial score (nSPS) is 10.8. The molecule has 0 saturated heterocycles. The summed E-state index contributed by atoms with van der Waals surface area (Å²) in [5, 5.41) is 10.2. The van der Waals surface area contributed by atoms with Crippen LogP contribution in [-0.2, 0) is 0 Å². The molecule has 4 rings (SSSR count). The van der Waals surface area contributed by atoms with Crippen LogP contribution in [0, 0.1) is 6.92 Å². The Labute approximate surface area is 154 Å². The molecule has 0 saturated carbocycles. The third-order valence-electron chi connectivity index (χ3n) is 4.05. The number of aromatic nitrogens is 3. The summed E-state index contributed by atoms with van der Waals surface area (Å²) in [6, 6.07) is 17.5. The van der Waals surface area contributed by atoms with Crippen molar-refractivity contribution < 1.29 is 9.90 Å². The monoisotopic (exact) mass is 361 g/mol. The molecule has 26 heavy (non-hydrogen) atoms. The van der Waals surface area contributed by atoms with E-state index in [2.05, 4.69) is 9.97 Å². The fourth-order valence-electron chi connectivity index (χ4n) is 2.73. The Bertz CT molecular complexity index is 1070. The van der Waals surface area contributed by atoms with Gasteiger partial charge in [-0.1, -0.05) is 71.5 Å². The number of hydrogen-bond acceptors (Lipinski definition) is 4. The second-order valence-electron chi connectivity index (χ2n) is 5.86. The molecule has 0 bridgehead atoms. The van der Waals surface area contributed by atoms with Gasteiger partial charge in [0.05, 0.1) is 17.6 Å². The zero-order valence-corrected chi connectivity index (χ0v) is 14.8. The summed E-state index contributed by atoms with van der Waals surface area (Å²) >= 11 is 1.14. The van der Waals surface area contributed by atoms with Crippen LogP contribution in [0.3, 0.4) is 0 Å². The molecule has 0 fully saturated rings. The predicted molar refractivity (Wildman–Crippen MR) is 102 cm³/mol. The highest BCUT2D eigenvalue weighted by molar-refractivity contribution is 7.16. The molecule has 1 N–H and O–H groups in total. The Morgan fingerprint density at radius 3 is 2.46 bits per heavy atom. The van der Waals surface area contributed by atoms with Gasteiger partial charge in [-0.25, -0.2) is 14.8 Å². The minimum atomic E-state index is -0.982. The van der Waals surface area contributed by atoms with E-state index in [1.54, 1.807) is 12.5 Å². The van der Waals surface area contributed by atoms with Gasteiger partial charge in [-0.2, -0.15) is 0 Å². The lowest BCUT2D eigenvalue weighted by atomic mass is 10.1. The molecule has 2 aromatic carbocycles. The van der Waals surface area contributed by atoms with Crippen molar-refractivity contribution in [2.24, 2.45) is 0 Å². The number of benzene rings is 2. The third kappa shape index (κ3) is 2.91. The Morgan fingerprint density at radius 1 is 1.04 bits per heavy atom. The van der Waals surface area contributed by atoms with E-state index in [1.165, 1.54) is 5.56 Å². The number of imidazole rings is 1. The average molecular weight is 361 g/mol. The van der Waals surface area contributed by atoms with Crippen LogP contribution in [-0.4, -0.2) is 25.6 Å². The minimum Gasteiger partial charge on any atom is -0.477 e. The van der Waals surface area contributed by atoms with Crippen molar-refractivity contribution in [3.8, 4) is 27.6 Å². The first kappa shape index (κ1) is 16.2. The van der Waals surface area contributed by atoms with Crippen LogP contribution in [0.1, 0.15) is 15.2 Å². The molecule has 0 unspecified atom stereocenters. The van der Waals surface area contributed by atoms with Crippen LogP contribution in [0.15, 0.2) is 67.1 Å². The van der Waals surface area contributed by atoms with Crippen molar-refractivity contribution in [1.29, 1.82) is 0 Å². The van der Waals surface area contributed by atoms with E-state index in [-0.39, 0.29) is 4.88 Å². The molecular weight excluding hydrogens is 346 g/mol. The maximum Gasteiger partial charge on any atom is 0.348 e. The van der Waals surface area contributed by atoms with Gasteiger partial charge < -0.3 is 5.11 Å². The van der Waals surface area contributed by atoms with Gasteiger partial charge in [0.15, 0.2) is 5.13 Å². The number of hydrogen-bond donors (Lipinski definition) is 1. The zero-order chi connectivity index (χ0) is 18.1. The van der Waals surface area contributed by atoms with Gasteiger partial charge in [-0.15, -0.1) is 0 Å². The molecule has 128 valence electrons. The van der Waals surface area contributed by atoms with Gasteiger partial charge in [0.25, 0.3) is 0 Å². The first-order chi connectivity index (χ1) is 12.6. The number of carboxylic acid groups (broad SMARTS) is 1. The van der Waals surface area contributed by atoms with E-state index in [9.17, 15) is 9.90 Å². The van der Waals surface area contributed by atoms with Gasteiger partial charge in [-0.3, -0.25) is 4.57 Å². The molecule has 2 aromatic heterocycles. The van der Waals surface area contributed by atoms with E-state index in [0.29, 0.717) is 10.8 Å². The van der Waals surface area contributed by atoms with Crippen molar-refractivity contribution in [1.82, 2.24) is 14.5 Å². The van der Waals surface area contributed by atoms with E-state index < -0.39 is 5.97 Å². The summed E-state index contributed by atoms with van der Waals surface area (Å²) in [5.74, 6) is -0.982. The molecular formula is C20H15N3O2S. The van der Waals surface area contributed by atoms with E-state index in [1.807, 2.05) is 66.1 Å². The van der Waals surface area contributed by atoms with E-state index in [0.717, 1.165) is 28.2 Å². The lowest BCUT2D eigenvalue weighted by molar-refractivity contribution is 0.0702. The minimum absolute atomic E-state index is 0.217. The van der Waals surface area contributed by atoms with Crippen LogP contribution in [0.4, 0.5) is 0 Å². The standard InChI is InChI=1S/C20H15N3O2S/c1-13-7-9-14(10-8-13)16-11-21-12-23(16)20-22-17(18(26-20)19(24)25)15-5-3-2-4-6-15/h2-12H,1H3,(H,24,25). The number of aromatic carboxylic acids is 1. The van der Waals surface area contributed by atoms with Gasteiger partial charge in [-0.05, 0) is 6.92 Å². The first-order valence-corrected chi connectivity index (χ1v) is 8.84. The molecule has 2 heterocycles. The number of carbonyl (C=O) groups is 1. The summed E-state index contributed by atoms with van der Waals surface area (Å²) in [4.78, 5) is 20.8. The zero-order valence-electron chi connectivity index (χ0n) is 14.0. The Morgan fingerprint density at radius 2 is 1.77 bits per heavy atom. The van der Waals surface area contributed by atoms with Gasteiger partial charge in [0.2, 0.25) is 0 Å². The molecule has 0 aliphatic rings. The summed E-state index contributed by atoms with van der Waals surface area (Å²) in [6.45, 7) is 2.03. The number of aryl methyl sites for hydroxylation is 1. The van der Waals surface area contributed by atoms with Gasteiger partial charge >= 0.3 is 5.97 Å². The Kier molecular flexibility index (Phi) is 4.10. The molecule has 6 heteroatoms. The van der Waals surface area contributed by atoms with Crippen molar-refractivity contribution in [2.45, 2.75) is 6.92 Å². The molecule has 0 radical (unpaired) electrons. The largest absolute Gasteiger partial charge is 0.477 e. The SMILES string of the molecule is Cc1ccc(-c2cncn2-c2nc(-c3ccccc3)c(C(=O)O)s2)cc1. The number of carboxylic acids is 1. The summed E-state index contributed by atoms with van der Waals surface area (Å²) in [6.07, 6.45) is 3.42. The predicted octanol–water partition coefficient (Wildman–Crippen LogP) is 4.67. The average Bonchev–Trinajstić information content (AvgIpc) is 3.30. The molecule has 0 atom stereocenters. The fourth-order valence-corrected chi connectivity index (χ4v) is 3.64. The topological polar surface area (TPSA) is 68.0 Å². The Balaban J connectivity index is 1.84. The Hall–Kier alpha value is -3.25.